The minimum Gasteiger partial charge on any atom is -0.504 e. The third-order valence-corrected chi connectivity index (χ3v) is 5.37. The monoisotopic (exact) mass is 494 g/mol. The van der Waals surface area contributed by atoms with Gasteiger partial charge in [-0.1, -0.05) is 0 Å². The highest BCUT2D eigenvalue weighted by molar-refractivity contribution is 5.91. The van der Waals surface area contributed by atoms with Crippen molar-refractivity contribution in [3.63, 3.8) is 0 Å². The predicted molar refractivity (Wildman–Crippen MR) is 111 cm³/mol. The first-order valence-corrected chi connectivity index (χ1v) is 9.78. The van der Waals surface area contributed by atoms with E-state index in [0.717, 1.165) is 18.2 Å². The molecule has 1 fully saturated rings. The molecule has 0 radical (unpaired) electrons. The van der Waals surface area contributed by atoms with Crippen molar-refractivity contribution in [2.75, 3.05) is 0 Å². The van der Waals surface area contributed by atoms with Crippen LogP contribution in [0.3, 0.4) is 0 Å². The maximum atomic E-state index is 12.7. The predicted octanol–water partition coefficient (Wildman–Crippen LogP) is -0.741. The number of carboxylic acids is 1. The summed E-state index contributed by atoms with van der Waals surface area (Å²) in [5, 5.41) is 88.4. The Balaban J connectivity index is 1.82. The Morgan fingerprint density at radius 3 is 2.17 bits per heavy atom. The number of carboxylic acid groups (broad SMARTS) is 1. The first kappa shape index (κ1) is 23.9. The van der Waals surface area contributed by atoms with E-state index >= 15 is 0 Å². The Morgan fingerprint density at radius 1 is 0.857 bits per heavy atom. The van der Waals surface area contributed by atoms with Crippen LogP contribution < -0.4 is 10.2 Å². The lowest BCUT2D eigenvalue weighted by Crippen LogP contribution is -2.61. The lowest BCUT2D eigenvalue weighted by molar-refractivity contribution is -0.271. The fraction of sp³-hybridized carbons (Fsp3) is 0.238. The Morgan fingerprint density at radius 2 is 1.54 bits per heavy atom. The first-order valence-electron chi connectivity index (χ1n) is 9.78. The van der Waals surface area contributed by atoms with Gasteiger partial charge in [0.1, 0.15) is 29.3 Å². The van der Waals surface area contributed by atoms with E-state index in [-0.39, 0.29) is 5.56 Å². The summed E-state index contributed by atoms with van der Waals surface area (Å²) in [6.45, 7) is 0. The summed E-state index contributed by atoms with van der Waals surface area (Å²) in [4.78, 5) is 23.9. The molecule has 0 saturated carbocycles. The second-order valence-electron chi connectivity index (χ2n) is 7.61. The molecule has 1 aliphatic rings. The summed E-state index contributed by atoms with van der Waals surface area (Å²) in [6.07, 6.45) is -10.0. The van der Waals surface area contributed by atoms with Crippen LogP contribution >= 0.6 is 0 Å². The molecule has 3 aromatic rings. The van der Waals surface area contributed by atoms with Gasteiger partial charge in [0.2, 0.25) is 23.2 Å². The number of ether oxygens (including phenoxy) is 2. The van der Waals surface area contributed by atoms with Crippen molar-refractivity contribution in [1.29, 1.82) is 0 Å². The molecule has 35 heavy (non-hydrogen) atoms. The number of carbonyl (C=O) groups is 1. The molecule has 5 atom stereocenters. The van der Waals surface area contributed by atoms with Crippen LogP contribution in [-0.4, -0.2) is 82.6 Å². The molecule has 1 aromatic heterocycles. The molecule has 0 aliphatic carbocycles. The normalized spacial score (nSPS) is 24.4. The lowest BCUT2D eigenvalue weighted by atomic mass is 9.99. The summed E-state index contributed by atoms with van der Waals surface area (Å²) >= 11 is 0. The molecule has 14 heteroatoms. The number of aliphatic hydroxyl groups excluding tert-OH is 3. The molecule has 1 saturated heterocycles. The van der Waals surface area contributed by atoms with Crippen LogP contribution in [0.15, 0.2) is 33.5 Å². The van der Waals surface area contributed by atoms with Gasteiger partial charge in [-0.3, -0.25) is 4.79 Å². The highest BCUT2D eigenvalue weighted by Gasteiger charge is 2.48. The average molecular weight is 494 g/mol. The summed E-state index contributed by atoms with van der Waals surface area (Å²) in [6, 6.07) is 4.07. The van der Waals surface area contributed by atoms with Gasteiger partial charge < -0.3 is 59.8 Å². The van der Waals surface area contributed by atoms with Gasteiger partial charge in [0.05, 0.1) is 0 Å². The molecule has 0 spiro atoms. The summed E-state index contributed by atoms with van der Waals surface area (Å²) in [5.74, 6) is -7.16. The number of hydrogen-bond donors (Lipinski definition) is 9. The van der Waals surface area contributed by atoms with Crippen LogP contribution in [0, 0.1) is 0 Å². The number of fused-ring (bicyclic) bond motifs is 1. The van der Waals surface area contributed by atoms with Crippen molar-refractivity contribution in [3.05, 3.63) is 34.5 Å². The molecule has 14 nitrogen and oxygen atoms in total. The van der Waals surface area contributed by atoms with Crippen LogP contribution in [0.5, 0.6) is 34.5 Å². The molecule has 0 bridgehead atoms. The van der Waals surface area contributed by atoms with Crippen molar-refractivity contribution in [3.8, 4) is 45.8 Å². The zero-order valence-electron chi connectivity index (χ0n) is 17.3. The number of phenolic OH excluding ortho intramolecular Hbond substituents is 4. The van der Waals surface area contributed by atoms with E-state index < -0.39 is 93.3 Å². The zero-order valence-corrected chi connectivity index (χ0v) is 17.3. The minimum absolute atomic E-state index is 0.0562. The number of aliphatic hydroxyl groups is 3. The van der Waals surface area contributed by atoms with Crippen LogP contribution in [-0.2, 0) is 9.53 Å². The van der Waals surface area contributed by atoms with Gasteiger partial charge in [0.15, 0.2) is 34.9 Å². The zero-order chi connectivity index (χ0) is 25.8. The van der Waals surface area contributed by atoms with E-state index in [0.29, 0.717) is 0 Å². The van der Waals surface area contributed by atoms with E-state index in [9.17, 15) is 50.4 Å². The number of phenols is 4. The third-order valence-electron chi connectivity index (χ3n) is 5.37. The molecule has 2 heterocycles. The molecule has 9 N–H and O–H groups in total. The van der Waals surface area contributed by atoms with Gasteiger partial charge >= 0.3 is 5.97 Å². The van der Waals surface area contributed by atoms with Crippen molar-refractivity contribution >= 4 is 16.9 Å². The second kappa shape index (κ2) is 8.52. The van der Waals surface area contributed by atoms with Crippen LogP contribution in [0.4, 0.5) is 0 Å². The number of hydrogen-bond acceptors (Lipinski definition) is 13. The maximum absolute atomic E-state index is 12.7. The van der Waals surface area contributed by atoms with Gasteiger partial charge in [-0.25, -0.2) is 4.79 Å². The molecule has 2 aromatic carbocycles. The van der Waals surface area contributed by atoms with Gasteiger partial charge in [0.25, 0.3) is 0 Å². The van der Waals surface area contributed by atoms with Crippen LogP contribution in [0.25, 0.3) is 22.3 Å². The lowest BCUT2D eigenvalue weighted by Gasteiger charge is -2.38. The van der Waals surface area contributed by atoms with Crippen LogP contribution in [0.1, 0.15) is 0 Å². The molecular weight excluding hydrogens is 476 g/mol. The van der Waals surface area contributed by atoms with Crippen molar-refractivity contribution in [2.24, 2.45) is 0 Å². The smallest absolute Gasteiger partial charge is 0.335 e. The van der Waals surface area contributed by atoms with Crippen molar-refractivity contribution in [1.82, 2.24) is 0 Å². The summed E-state index contributed by atoms with van der Waals surface area (Å²) in [5.41, 5.74) is -1.72. The quantitative estimate of drug-likeness (QED) is 0.203. The van der Waals surface area contributed by atoms with Crippen LogP contribution in [0.2, 0.25) is 0 Å². The summed E-state index contributed by atoms with van der Waals surface area (Å²) < 4.78 is 15.6. The average Bonchev–Trinajstić information content (AvgIpc) is 2.81. The van der Waals surface area contributed by atoms with Gasteiger partial charge in [-0.15, -0.1) is 0 Å². The largest absolute Gasteiger partial charge is 0.504 e. The fourth-order valence-electron chi connectivity index (χ4n) is 3.52. The summed E-state index contributed by atoms with van der Waals surface area (Å²) in [7, 11) is 0. The molecule has 186 valence electrons. The highest BCUT2D eigenvalue weighted by Crippen LogP contribution is 2.44. The van der Waals surface area contributed by atoms with E-state index in [4.69, 9.17) is 19.0 Å². The number of aliphatic carboxylic acids is 1. The molecule has 0 amide bonds. The van der Waals surface area contributed by atoms with Crippen molar-refractivity contribution in [2.45, 2.75) is 30.7 Å². The highest BCUT2D eigenvalue weighted by atomic mass is 16.7. The molecule has 1 aliphatic heterocycles. The SMILES string of the molecule is O=C(O)[C@H]1O[C@@H](Oc2cc3oc(-c4ccc(O)c(O)c4)c(O)c(=O)c3c(O)c2O)[C@H](O)[C@@H](O)[C@@H]1O. The first-order chi connectivity index (χ1) is 16.4. The Kier molecular flexibility index (Phi) is 5.82. The number of rotatable bonds is 4. The maximum Gasteiger partial charge on any atom is 0.335 e. The minimum atomic E-state index is -2.02. The van der Waals surface area contributed by atoms with Gasteiger partial charge in [-0.05, 0) is 18.2 Å². The number of benzene rings is 2. The van der Waals surface area contributed by atoms with Gasteiger partial charge in [0, 0.05) is 11.6 Å². The topological polar surface area (TPSA) is 248 Å². The Hall–Kier alpha value is -4.24. The van der Waals surface area contributed by atoms with Crippen molar-refractivity contribution < 1.29 is 64.6 Å². The Bertz CT molecular complexity index is 1380. The number of aromatic hydroxyl groups is 5. The van der Waals surface area contributed by atoms with E-state index in [2.05, 4.69) is 0 Å². The van der Waals surface area contributed by atoms with E-state index in [1.165, 1.54) is 6.07 Å². The third kappa shape index (κ3) is 3.89. The van der Waals surface area contributed by atoms with E-state index in [1.54, 1.807) is 0 Å². The standard InChI is InChI=1S/C21H18O14/c22-6-2-1-5(3-7(6)23)18-15(28)13(26)10-8(33-18)4-9(11(24)12(10)25)34-21-17(30)14(27)16(29)19(35-21)20(31)32/h1-4,14,16-17,19,21-25,27-30H,(H,31,32)/t14-,16-,17+,19-,21+/m0/s1. The van der Waals surface area contributed by atoms with E-state index in [1.807, 2.05) is 0 Å². The fourth-order valence-corrected chi connectivity index (χ4v) is 3.52. The molecule has 4 rings (SSSR count). The molecule has 0 unspecified atom stereocenters. The molecular formula is C21H18O14. The second-order valence-corrected chi connectivity index (χ2v) is 7.61. The van der Waals surface area contributed by atoms with Gasteiger partial charge in [-0.2, -0.15) is 0 Å². The Labute approximate surface area is 193 Å².